The van der Waals surface area contributed by atoms with E-state index in [1.54, 1.807) is 22.9 Å². The van der Waals surface area contributed by atoms with Crippen molar-refractivity contribution in [3.05, 3.63) is 70.1 Å². The number of rotatable bonds is 5. The lowest BCUT2D eigenvalue weighted by atomic mass is 9.99. The van der Waals surface area contributed by atoms with Crippen molar-refractivity contribution in [3.63, 3.8) is 0 Å². The van der Waals surface area contributed by atoms with Gasteiger partial charge in [-0.2, -0.15) is 0 Å². The van der Waals surface area contributed by atoms with Crippen LogP contribution in [-0.2, 0) is 22.6 Å². The maximum Gasteiger partial charge on any atom is 0.250 e. The van der Waals surface area contributed by atoms with E-state index in [0.717, 1.165) is 24.0 Å². The second-order valence-corrected chi connectivity index (χ2v) is 6.09. The molecule has 1 N–H and O–H groups in total. The molecule has 5 heteroatoms. The van der Waals surface area contributed by atoms with Crippen LogP contribution < -0.4 is 10.9 Å². The summed E-state index contributed by atoms with van der Waals surface area (Å²) >= 11 is 0. The predicted molar refractivity (Wildman–Crippen MR) is 91.6 cm³/mol. The molecule has 3 rings (SSSR count). The Morgan fingerprint density at radius 3 is 2.50 bits per heavy atom. The Kier molecular flexibility index (Phi) is 5.43. The first-order valence-corrected chi connectivity index (χ1v) is 8.31. The van der Waals surface area contributed by atoms with Crippen molar-refractivity contribution < 1.29 is 9.53 Å². The zero-order valence-electron chi connectivity index (χ0n) is 13.6. The number of aromatic nitrogens is 1. The van der Waals surface area contributed by atoms with Gasteiger partial charge < -0.3 is 14.6 Å². The van der Waals surface area contributed by atoms with E-state index >= 15 is 0 Å². The van der Waals surface area contributed by atoms with Crippen LogP contribution in [0, 0.1) is 5.92 Å². The molecule has 1 saturated heterocycles. The quantitative estimate of drug-likeness (QED) is 0.913. The van der Waals surface area contributed by atoms with E-state index in [9.17, 15) is 9.59 Å². The van der Waals surface area contributed by atoms with Gasteiger partial charge in [0.05, 0.1) is 6.54 Å². The van der Waals surface area contributed by atoms with Crippen LogP contribution in [0.1, 0.15) is 24.0 Å². The minimum absolute atomic E-state index is 0.00898. The lowest BCUT2D eigenvalue weighted by Crippen LogP contribution is -2.33. The molecule has 0 atom stereocenters. The van der Waals surface area contributed by atoms with Crippen molar-refractivity contribution >= 4 is 5.91 Å². The fourth-order valence-corrected chi connectivity index (χ4v) is 2.84. The standard InChI is InChI=1S/C19H22N2O3/c22-18-3-1-2-10-21(18)14-16-6-4-15(5-7-16)13-20-19(23)17-8-11-24-12-9-17/h1-7,10,17H,8-9,11-14H2,(H,20,23). The summed E-state index contributed by atoms with van der Waals surface area (Å²) in [4.78, 5) is 23.8. The molecular formula is C19H22N2O3. The van der Waals surface area contributed by atoms with E-state index in [0.29, 0.717) is 26.3 Å². The van der Waals surface area contributed by atoms with Gasteiger partial charge in [0.2, 0.25) is 5.91 Å². The number of carbonyl (C=O) groups excluding carboxylic acids is 1. The molecule has 1 aliphatic heterocycles. The van der Waals surface area contributed by atoms with Crippen LogP contribution in [0.2, 0.25) is 0 Å². The van der Waals surface area contributed by atoms with Crippen LogP contribution in [0.5, 0.6) is 0 Å². The van der Waals surface area contributed by atoms with Crippen molar-refractivity contribution in [2.75, 3.05) is 13.2 Å². The van der Waals surface area contributed by atoms with Gasteiger partial charge in [-0.3, -0.25) is 9.59 Å². The van der Waals surface area contributed by atoms with Gasteiger partial charge in [0.15, 0.2) is 0 Å². The first-order chi connectivity index (χ1) is 11.7. The third kappa shape index (κ3) is 4.32. The largest absolute Gasteiger partial charge is 0.381 e. The Morgan fingerprint density at radius 2 is 1.79 bits per heavy atom. The molecule has 126 valence electrons. The highest BCUT2D eigenvalue weighted by Crippen LogP contribution is 2.15. The second kappa shape index (κ2) is 7.93. The molecule has 0 unspecified atom stereocenters. The van der Waals surface area contributed by atoms with E-state index in [4.69, 9.17) is 4.74 Å². The highest BCUT2D eigenvalue weighted by molar-refractivity contribution is 5.78. The molecule has 0 spiro atoms. The number of nitrogens with zero attached hydrogens (tertiary/aromatic N) is 1. The molecule has 2 heterocycles. The molecule has 0 bridgehead atoms. The summed E-state index contributed by atoms with van der Waals surface area (Å²) < 4.78 is 6.95. The van der Waals surface area contributed by atoms with Crippen molar-refractivity contribution in [1.29, 1.82) is 0 Å². The number of pyridine rings is 1. The van der Waals surface area contributed by atoms with E-state index < -0.39 is 0 Å². The highest BCUT2D eigenvalue weighted by Gasteiger charge is 2.20. The van der Waals surface area contributed by atoms with Crippen LogP contribution in [-0.4, -0.2) is 23.7 Å². The monoisotopic (exact) mass is 326 g/mol. The van der Waals surface area contributed by atoms with E-state index in [-0.39, 0.29) is 17.4 Å². The molecule has 1 aromatic carbocycles. The van der Waals surface area contributed by atoms with Gasteiger partial charge in [-0.25, -0.2) is 0 Å². The molecule has 5 nitrogen and oxygen atoms in total. The van der Waals surface area contributed by atoms with Crippen LogP contribution in [0.15, 0.2) is 53.5 Å². The number of carbonyl (C=O) groups is 1. The first kappa shape index (κ1) is 16.5. The molecule has 24 heavy (non-hydrogen) atoms. The second-order valence-electron chi connectivity index (χ2n) is 6.09. The average Bonchev–Trinajstić information content (AvgIpc) is 2.63. The van der Waals surface area contributed by atoms with Gasteiger partial charge in [0, 0.05) is 37.9 Å². The highest BCUT2D eigenvalue weighted by atomic mass is 16.5. The molecule has 1 aromatic heterocycles. The first-order valence-electron chi connectivity index (χ1n) is 8.31. The summed E-state index contributed by atoms with van der Waals surface area (Å²) in [6, 6.07) is 13.1. The number of benzene rings is 1. The fourth-order valence-electron chi connectivity index (χ4n) is 2.84. The molecule has 1 amide bonds. The van der Waals surface area contributed by atoms with Crippen molar-refractivity contribution in [3.8, 4) is 0 Å². The summed E-state index contributed by atoms with van der Waals surface area (Å²) in [6.07, 6.45) is 3.39. The minimum atomic E-state index is -0.00898. The smallest absolute Gasteiger partial charge is 0.250 e. The van der Waals surface area contributed by atoms with Crippen LogP contribution in [0.25, 0.3) is 0 Å². The topological polar surface area (TPSA) is 60.3 Å². The predicted octanol–water partition coefficient (Wildman–Crippen LogP) is 1.94. The Balaban J connectivity index is 1.54. The van der Waals surface area contributed by atoms with Gasteiger partial charge in [0.25, 0.3) is 5.56 Å². The van der Waals surface area contributed by atoms with Gasteiger partial charge >= 0.3 is 0 Å². The molecule has 0 aliphatic carbocycles. The van der Waals surface area contributed by atoms with Gasteiger partial charge in [-0.1, -0.05) is 30.3 Å². The summed E-state index contributed by atoms with van der Waals surface area (Å²) in [6.45, 7) is 2.42. The lowest BCUT2D eigenvalue weighted by molar-refractivity contribution is -0.128. The molecule has 2 aromatic rings. The number of nitrogens with one attached hydrogen (secondary N) is 1. The molecular weight excluding hydrogens is 304 g/mol. The maximum atomic E-state index is 12.1. The summed E-state index contributed by atoms with van der Waals surface area (Å²) in [5.74, 6) is 0.182. The Bertz CT molecular complexity index is 731. The Morgan fingerprint density at radius 1 is 1.08 bits per heavy atom. The van der Waals surface area contributed by atoms with Crippen molar-refractivity contribution in [2.45, 2.75) is 25.9 Å². The third-order valence-electron chi connectivity index (χ3n) is 4.33. The van der Waals surface area contributed by atoms with Gasteiger partial charge in [-0.15, -0.1) is 0 Å². The van der Waals surface area contributed by atoms with Gasteiger partial charge in [0.1, 0.15) is 0 Å². The Hall–Kier alpha value is -2.40. The van der Waals surface area contributed by atoms with Crippen LogP contribution in [0.4, 0.5) is 0 Å². The average molecular weight is 326 g/mol. The Labute approximate surface area is 141 Å². The van der Waals surface area contributed by atoms with E-state index in [2.05, 4.69) is 5.32 Å². The lowest BCUT2D eigenvalue weighted by Gasteiger charge is -2.21. The zero-order valence-corrected chi connectivity index (χ0v) is 13.6. The maximum absolute atomic E-state index is 12.1. The molecule has 0 radical (unpaired) electrons. The molecule has 1 fully saturated rings. The molecule has 1 aliphatic rings. The fraction of sp³-hybridized carbons (Fsp3) is 0.368. The van der Waals surface area contributed by atoms with Crippen LogP contribution in [0.3, 0.4) is 0 Å². The zero-order chi connectivity index (χ0) is 16.8. The summed E-state index contributed by atoms with van der Waals surface area (Å²) in [7, 11) is 0. The summed E-state index contributed by atoms with van der Waals surface area (Å²) in [5, 5.41) is 3.00. The number of amides is 1. The third-order valence-corrected chi connectivity index (χ3v) is 4.33. The number of ether oxygens (including phenoxy) is 1. The van der Waals surface area contributed by atoms with Crippen molar-refractivity contribution in [2.24, 2.45) is 5.92 Å². The number of hydrogen-bond acceptors (Lipinski definition) is 3. The molecule has 0 saturated carbocycles. The number of hydrogen-bond donors (Lipinski definition) is 1. The van der Waals surface area contributed by atoms with E-state index in [1.165, 1.54) is 0 Å². The normalized spacial score (nSPS) is 15.2. The van der Waals surface area contributed by atoms with Gasteiger partial charge in [-0.05, 0) is 30.0 Å². The SMILES string of the molecule is O=C(NCc1ccc(Cn2ccccc2=O)cc1)C1CCOCC1. The summed E-state index contributed by atoms with van der Waals surface area (Å²) in [5.41, 5.74) is 2.10. The van der Waals surface area contributed by atoms with E-state index in [1.807, 2.05) is 30.3 Å². The van der Waals surface area contributed by atoms with Crippen molar-refractivity contribution in [1.82, 2.24) is 9.88 Å². The van der Waals surface area contributed by atoms with Crippen LogP contribution >= 0.6 is 0 Å². The minimum Gasteiger partial charge on any atom is -0.381 e.